The average Bonchev–Trinajstić information content (AvgIpc) is 2.85. The lowest BCUT2D eigenvalue weighted by Gasteiger charge is -2.25. The van der Waals surface area contributed by atoms with E-state index in [1.807, 2.05) is 6.92 Å². The van der Waals surface area contributed by atoms with Gasteiger partial charge in [0.2, 0.25) is 0 Å². The van der Waals surface area contributed by atoms with Crippen molar-refractivity contribution >= 4 is 27.1 Å². The molecule has 0 radical (unpaired) electrons. The molecule has 7 heteroatoms. The summed E-state index contributed by atoms with van der Waals surface area (Å²) in [6, 6.07) is 2.10. The van der Waals surface area contributed by atoms with Crippen LogP contribution in [0.1, 0.15) is 37.6 Å². The second-order valence-corrected chi connectivity index (χ2v) is 9.88. The third kappa shape index (κ3) is 8.37. The van der Waals surface area contributed by atoms with E-state index in [0.29, 0.717) is 19.5 Å². The standard InChI is InChI=1S/C16H29N3O2S2/c1-6-17-15(18-11-14-13(2)7-9-22-14)19-12-16(3,4)8-10-23(5,20)21/h7,9H,6,8,10-12H2,1-5H3,(H2,17,18,19). The molecule has 1 heterocycles. The first-order valence-corrected chi connectivity index (χ1v) is 10.8. The third-order valence-electron chi connectivity index (χ3n) is 3.58. The Bertz CT molecular complexity index is 619. The summed E-state index contributed by atoms with van der Waals surface area (Å²) in [5, 5.41) is 8.64. The average molecular weight is 360 g/mol. The fraction of sp³-hybridized carbons (Fsp3) is 0.688. The monoisotopic (exact) mass is 359 g/mol. The Morgan fingerprint density at radius 1 is 1.35 bits per heavy atom. The molecule has 1 rings (SSSR count). The highest BCUT2D eigenvalue weighted by Gasteiger charge is 2.20. The summed E-state index contributed by atoms with van der Waals surface area (Å²) in [6.45, 7) is 10.4. The van der Waals surface area contributed by atoms with Crippen LogP contribution in [0.4, 0.5) is 0 Å². The van der Waals surface area contributed by atoms with Crippen LogP contribution in [0.25, 0.3) is 0 Å². The van der Waals surface area contributed by atoms with Gasteiger partial charge in [0.25, 0.3) is 0 Å². The summed E-state index contributed by atoms with van der Waals surface area (Å²) >= 11 is 1.71. The molecule has 0 fully saturated rings. The molecule has 2 N–H and O–H groups in total. The van der Waals surface area contributed by atoms with Crippen LogP contribution in [0.5, 0.6) is 0 Å². The van der Waals surface area contributed by atoms with Gasteiger partial charge in [-0.15, -0.1) is 11.3 Å². The minimum atomic E-state index is -2.92. The molecule has 0 aromatic carbocycles. The largest absolute Gasteiger partial charge is 0.357 e. The van der Waals surface area contributed by atoms with Gasteiger partial charge >= 0.3 is 0 Å². The summed E-state index contributed by atoms with van der Waals surface area (Å²) in [4.78, 5) is 5.88. The summed E-state index contributed by atoms with van der Waals surface area (Å²) in [5.74, 6) is 0.983. The molecule has 0 aliphatic heterocycles. The molecule has 0 aliphatic carbocycles. The van der Waals surface area contributed by atoms with E-state index < -0.39 is 9.84 Å². The summed E-state index contributed by atoms with van der Waals surface area (Å²) in [6.07, 6.45) is 1.91. The Morgan fingerprint density at radius 2 is 2.04 bits per heavy atom. The quantitative estimate of drug-likeness (QED) is 0.553. The number of nitrogens with zero attached hydrogens (tertiary/aromatic N) is 1. The predicted octanol–water partition coefficient (Wildman–Crippen LogP) is 2.57. The van der Waals surface area contributed by atoms with E-state index in [4.69, 9.17) is 0 Å². The van der Waals surface area contributed by atoms with Gasteiger partial charge < -0.3 is 10.6 Å². The highest BCUT2D eigenvalue weighted by atomic mass is 32.2. The fourth-order valence-electron chi connectivity index (χ4n) is 1.93. The molecular formula is C16H29N3O2S2. The molecule has 1 aromatic heterocycles. The summed E-state index contributed by atoms with van der Waals surface area (Å²) in [7, 11) is -2.92. The zero-order valence-electron chi connectivity index (χ0n) is 14.8. The minimum absolute atomic E-state index is 0.113. The number of sulfone groups is 1. The minimum Gasteiger partial charge on any atom is -0.357 e. The van der Waals surface area contributed by atoms with Crippen molar-refractivity contribution in [2.75, 3.05) is 25.1 Å². The number of aliphatic imine (C=N–C) groups is 1. The maximum atomic E-state index is 11.3. The normalized spacial score (nSPS) is 13.2. The molecule has 1 aromatic rings. The molecule has 0 spiro atoms. The maximum absolute atomic E-state index is 11.3. The van der Waals surface area contributed by atoms with E-state index in [0.717, 1.165) is 12.5 Å². The van der Waals surface area contributed by atoms with Crippen LogP contribution in [0.2, 0.25) is 0 Å². The Balaban J connectivity index is 2.59. The molecular weight excluding hydrogens is 330 g/mol. The third-order valence-corrected chi connectivity index (χ3v) is 5.53. The fourth-order valence-corrected chi connectivity index (χ4v) is 3.68. The van der Waals surface area contributed by atoms with Crippen molar-refractivity contribution in [3.63, 3.8) is 0 Å². The predicted molar refractivity (Wildman–Crippen MR) is 100.0 cm³/mol. The number of rotatable bonds is 8. The first kappa shape index (κ1) is 20.0. The number of aryl methyl sites for hydroxylation is 1. The summed E-state index contributed by atoms with van der Waals surface area (Å²) < 4.78 is 22.7. The number of hydrogen-bond donors (Lipinski definition) is 2. The first-order valence-electron chi connectivity index (χ1n) is 7.86. The van der Waals surface area contributed by atoms with Crippen molar-refractivity contribution < 1.29 is 8.42 Å². The van der Waals surface area contributed by atoms with Crippen LogP contribution in [0.3, 0.4) is 0 Å². The molecule has 0 amide bonds. The van der Waals surface area contributed by atoms with Crippen LogP contribution in [-0.2, 0) is 16.4 Å². The SMILES string of the molecule is CCNC(=NCc1sccc1C)NCC(C)(C)CCS(C)(=O)=O. The molecule has 0 saturated heterocycles. The first-order chi connectivity index (χ1) is 10.6. The van der Waals surface area contributed by atoms with Gasteiger partial charge in [-0.1, -0.05) is 13.8 Å². The van der Waals surface area contributed by atoms with Crippen molar-refractivity contribution in [2.24, 2.45) is 10.4 Å². The molecule has 132 valence electrons. The van der Waals surface area contributed by atoms with E-state index in [-0.39, 0.29) is 11.2 Å². The molecule has 0 saturated carbocycles. The zero-order chi connectivity index (χ0) is 17.5. The topological polar surface area (TPSA) is 70.6 Å². The molecule has 23 heavy (non-hydrogen) atoms. The number of hydrogen-bond acceptors (Lipinski definition) is 4. The van der Waals surface area contributed by atoms with Crippen LogP contribution in [0.15, 0.2) is 16.4 Å². The maximum Gasteiger partial charge on any atom is 0.191 e. The van der Waals surface area contributed by atoms with Gasteiger partial charge in [-0.25, -0.2) is 13.4 Å². The lowest BCUT2D eigenvalue weighted by Crippen LogP contribution is -2.42. The Kier molecular flexibility index (Phi) is 7.54. The molecule has 0 atom stereocenters. The van der Waals surface area contributed by atoms with E-state index in [1.54, 1.807) is 11.3 Å². The number of guanidine groups is 1. The lowest BCUT2D eigenvalue weighted by atomic mass is 9.90. The van der Waals surface area contributed by atoms with Crippen molar-refractivity contribution in [2.45, 2.75) is 40.7 Å². The van der Waals surface area contributed by atoms with Crippen LogP contribution in [0, 0.1) is 12.3 Å². The van der Waals surface area contributed by atoms with Crippen molar-refractivity contribution in [3.05, 3.63) is 21.9 Å². The number of thiophene rings is 1. The van der Waals surface area contributed by atoms with Crippen molar-refractivity contribution in [1.29, 1.82) is 0 Å². The number of nitrogens with one attached hydrogen (secondary N) is 2. The zero-order valence-corrected chi connectivity index (χ0v) is 16.4. The van der Waals surface area contributed by atoms with Gasteiger partial charge in [0.15, 0.2) is 5.96 Å². The van der Waals surface area contributed by atoms with E-state index in [2.05, 4.69) is 47.8 Å². The molecule has 0 bridgehead atoms. The highest BCUT2D eigenvalue weighted by molar-refractivity contribution is 7.90. The van der Waals surface area contributed by atoms with Gasteiger partial charge in [0.05, 0.1) is 12.3 Å². The molecule has 0 unspecified atom stereocenters. The van der Waals surface area contributed by atoms with E-state index in [9.17, 15) is 8.42 Å². The van der Waals surface area contributed by atoms with Gasteiger partial charge in [-0.2, -0.15) is 0 Å². The molecule has 0 aliphatic rings. The van der Waals surface area contributed by atoms with E-state index >= 15 is 0 Å². The lowest BCUT2D eigenvalue weighted by molar-refractivity contribution is 0.348. The van der Waals surface area contributed by atoms with Gasteiger partial charge in [0.1, 0.15) is 9.84 Å². The van der Waals surface area contributed by atoms with Crippen LogP contribution >= 0.6 is 11.3 Å². The van der Waals surface area contributed by atoms with Crippen molar-refractivity contribution in [3.8, 4) is 0 Å². The van der Waals surface area contributed by atoms with Crippen molar-refractivity contribution in [1.82, 2.24) is 10.6 Å². The Morgan fingerprint density at radius 3 is 2.57 bits per heavy atom. The van der Waals surface area contributed by atoms with Gasteiger partial charge in [0, 0.05) is 24.2 Å². The van der Waals surface area contributed by atoms with Gasteiger partial charge in [-0.3, -0.25) is 0 Å². The second-order valence-electron chi connectivity index (χ2n) is 6.62. The summed E-state index contributed by atoms with van der Waals surface area (Å²) in [5.41, 5.74) is 1.15. The smallest absolute Gasteiger partial charge is 0.191 e. The Labute approximate surface area is 144 Å². The van der Waals surface area contributed by atoms with Crippen LogP contribution in [-0.4, -0.2) is 39.5 Å². The molecule has 5 nitrogen and oxygen atoms in total. The van der Waals surface area contributed by atoms with E-state index in [1.165, 1.54) is 16.7 Å². The van der Waals surface area contributed by atoms with Crippen LogP contribution < -0.4 is 10.6 Å². The second kappa shape index (κ2) is 8.68. The van der Waals surface area contributed by atoms with Gasteiger partial charge in [-0.05, 0) is 42.7 Å². The highest BCUT2D eigenvalue weighted by Crippen LogP contribution is 2.20. The Hall–Kier alpha value is -1.08.